The summed E-state index contributed by atoms with van der Waals surface area (Å²) in [5.74, 6) is -0.206. The van der Waals surface area contributed by atoms with Gasteiger partial charge in [-0.25, -0.2) is 0 Å². The molecule has 0 aromatic heterocycles. The Balaban J connectivity index is 1.45. The van der Waals surface area contributed by atoms with Crippen molar-refractivity contribution in [3.63, 3.8) is 0 Å². The Morgan fingerprint density at radius 1 is 1.07 bits per heavy atom. The van der Waals surface area contributed by atoms with Crippen LogP contribution < -0.4 is 0 Å². The van der Waals surface area contributed by atoms with Crippen molar-refractivity contribution in [1.29, 1.82) is 0 Å². The molecular weight excluding hydrogens is 342 g/mol. The van der Waals surface area contributed by atoms with Gasteiger partial charge in [-0.15, -0.1) is 0 Å². The molecule has 1 aromatic rings. The molecule has 2 aliphatic rings. The second-order valence-electron chi connectivity index (χ2n) is 8.02. The van der Waals surface area contributed by atoms with Gasteiger partial charge in [-0.05, 0) is 36.4 Å². The van der Waals surface area contributed by atoms with Crippen LogP contribution in [0.2, 0.25) is 0 Å². The third-order valence-electron chi connectivity index (χ3n) is 5.76. The van der Waals surface area contributed by atoms with E-state index in [-0.39, 0.29) is 12.5 Å². The monoisotopic (exact) mass is 373 g/mol. The van der Waals surface area contributed by atoms with E-state index in [1.165, 1.54) is 11.1 Å². The SMILES string of the molecule is CC(C)c1ccc(CN2CCN(C(=O)CN3CCC[C@@H]3C(=O)O)CC2)cc1. The molecule has 0 bridgehead atoms. The number of amides is 1. The molecule has 1 aromatic carbocycles. The molecule has 1 N–H and O–H groups in total. The highest BCUT2D eigenvalue weighted by Gasteiger charge is 2.33. The Morgan fingerprint density at radius 2 is 1.74 bits per heavy atom. The molecule has 3 rings (SSSR count). The normalized spacial score (nSPS) is 21.7. The Hall–Kier alpha value is -1.92. The van der Waals surface area contributed by atoms with Crippen LogP contribution in [0.15, 0.2) is 24.3 Å². The van der Waals surface area contributed by atoms with Crippen LogP contribution in [-0.2, 0) is 16.1 Å². The van der Waals surface area contributed by atoms with Crippen LogP contribution in [0.1, 0.15) is 43.7 Å². The fraction of sp³-hybridized carbons (Fsp3) is 0.619. The molecule has 6 nitrogen and oxygen atoms in total. The first-order valence-electron chi connectivity index (χ1n) is 10.00. The minimum atomic E-state index is -0.811. The molecule has 6 heteroatoms. The molecule has 2 saturated heterocycles. The van der Waals surface area contributed by atoms with Crippen LogP contribution in [0.25, 0.3) is 0 Å². The third-order valence-corrected chi connectivity index (χ3v) is 5.76. The van der Waals surface area contributed by atoms with E-state index < -0.39 is 12.0 Å². The topological polar surface area (TPSA) is 64.1 Å². The molecule has 2 fully saturated rings. The second kappa shape index (κ2) is 8.85. The third kappa shape index (κ3) is 5.08. The Labute approximate surface area is 161 Å². The van der Waals surface area contributed by atoms with Crippen LogP contribution in [0.4, 0.5) is 0 Å². The molecule has 1 amide bonds. The maximum Gasteiger partial charge on any atom is 0.320 e. The van der Waals surface area contributed by atoms with Crippen molar-refractivity contribution in [2.75, 3.05) is 39.3 Å². The Morgan fingerprint density at radius 3 is 2.33 bits per heavy atom. The number of carbonyl (C=O) groups is 2. The standard InChI is InChI=1S/C21H31N3O3/c1-16(2)18-7-5-17(6-8-18)14-22-10-12-23(13-11-22)20(25)15-24-9-3-4-19(24)21(26)27/h5-8,16,19H,3-4,9-15H2,1-2H3,(H,26,27)/t19-/m1/s1. The zero-order valence-corrected chi connectivity index (χ0v) is 16.4. The van der Waals surface area contributed by atoms with E-state index in [9.17, 15) is 14.7 Å². The van der Waals surface area contributed by atoms with E-state index in [1.54, 1.807) is 0 Å². The highest BCUT2D eigenvalue weighted by molar-refractivity contribution is 5.80. The van der Waals surface area contributed by atoms with Crippen LogP contribution in [0.3, 0.4) is 0 Å². The van der Waals surface area contributed by atoms with Gasteiger partial charge in [0.15, 0.2) is 0 Å². The summed E-state index contributed by atoms with van der Waals surface area (Å²) in [5.41, 5.74) is 2.66. The number of rotatable bonds is 6. The summed E-state index contributed by atoms with van der Waals surface area (Å²) in [6.07, 6.45) is 1.50. The van der Waals surface area contributed by atoms with E-state index in [2.05, 4.69) is 43.0 Å². The molecule has 1 atom stereocenters. The molecular formula is C21H31N3O3. The van der Waals surface area contributed by atoms with Gasteiger partial charge < -0.3 is 10.0 Å². The van der Waals surface area contributed by atoms with E-state index >= 15 is 0 Å². The summed E-state index contributed by atoms with van der Waals surface area (Å²) < 4.78 is 0. The summed E-state index contributed by atoms with van der Waals surface area (Å²) in [7, 11) is 0. The van der Waals surface area contributed by atoms with Gasteiger partial charge in [0.1, 0.15) is 6.04 Å². The molecule has 0 saturated carbocycles. The fourth-order valence-corrected chi connectivity index (χ4v) is 3.99. The van der Waals surface area contributed by atoms with Gasteiger partial charge in [-0.1, -0.05) is 38.1 Å². The van der Waals surface area contributed by atoms with Gasteiger partial charge in [0, 0.05) is 32.7 Å². The fourth-order valence-electron chi connectivity index (χ4n) is 3.99. The first-order valence-corrected chi connectivity index (χ1v) is 10.00. The highest BCUT2D eigenvalue weighted by atomic mass is 16.4. The molecule has 0 radical (unpaired) electrons. The summed E-state index contributed by atoms with van der Waals surface area (Å²) in [4.78, 5) is 29.9. The first-order chi connectivity index (χ1) is 12.9. The lowest BCUT2D eigenvalue weighted by Gasteiger charge is -2.36. The number of likely N-dealkylation sites (tertiary alicyclic amines) is 1. The van der Waals surface area contributed by atoms with Gasteiger partial charge in [0.2, 0.25) is 5.91 Å². The quantitative estimate of drug-likeness (QED) is 0.826. The number of aliphatic carboxylic acids is 1. The average molecular weight is 373 g/mol. The molecule has 0 unspecified atom stereocenters. The largest absolute Gasteiger partial charge is 0.480 e. The van der Waals surface area contributed by atoms with Gasteiger partial charge in [0.05, 0.1) is 6.54 Å². The van der Waals surface area contributed by atoms with Crippen molar-refractivity contribution in [2.24, 2.45) is 0 Å². The number of carbonyl (C=O) groups excluding carboxylic acids is 1. The van der Waals surface area contributed by atoms with Crippen LogP contribution in [0.5, 0.6) is 0 Å². The van der Waals surface area contributed by atoms with Gasteiger partial charge in [0.25, 0.3) is 0 Å². The Bertz CT molecular complexity index is 651. The predicted octanol–water partition coefficient (Wildman–Crippen LogP) is 2.00. The lowest BCUT2D eigenvalue weighted by atomic mass is 10.0. The van der Waals surface area contributed by atoms with Crippen LogP contribution in [0, 0.1) is 0 Å². The Kier molecular flexibility index (Phi) is 6.50. The zero-order valence-electron chi connectivity index (χ0n) is 16.4. The van der Waals surface area contributed by atoms with E-state index in [1.807, 2.05) is 9.80 Å². The maximum absolute atomic E-state index is 12.6. The van der Waals surface area contributed by atoms with Crippen LogP contribution in [-0.4, -0.2) is 77.0 Å². The predicted molar refractivity (Wildman–Crippen MR) is 105 cm³/mol. The number of piperazine rings is 1. The van der Waals surface area contributed by atoms with E-state index in [0.29, 0.717) is 32.0 Å². The van der Waals surface area contributed by atoms with Crippen LogP contribution >= 0.6 is 0 Å². The lowest BCUT2D eigenvalue weighted by Crippen LogP contribution is -2.51. The van der Waals surface area contributed by atoms with Crippen molar-refractivity contribution in [1.82, 2.24) is 14.7 Å². The van der Waals surface area contributed by atoms with E-state index in [4.69, 9.17) is 0 Å². The molecule has 2 heterocycles. The molecule has 0 aliphatic carbocycles. The highest BCUT2D eigenvalue weighted by Crippen LogP contribution is 2.18. The average Bonchev–Trinajstić information content (AvgIpc) is 3.11. The second-order valence-corrected chi connectivity index (χ2v) is 8.02. The summed E-state index contributed by atoms with van der Waals surface area (Å²) >= 11 is 0. The van der Waals surface area contributed by atoms with Crippen molar-refractivity contribution in [2.45, 2.75) is 45.2 Å². The number of benzene rings is 1. The molecule has 2 aliphatic heterocycles. The number of hydrogen-bond acceptors (Lipinski definition) is 4. The summed E-state index contributed by atoms with van der Waals surface area (Å²) in [6.45, 7) is 9.40. The minimum Gasteiger partial charge on any atom is -0.480 e. The zero-order chi connectivity index (χ0) is 19.4. The number of nitrogens with zero attached hydrogens (tertiary/aromatic N) is 3. The molecule has 0 spiro atoms. The van der Waals surface area contributed by atoms with Crippen molar-refractivity contribution in [3.05, 3.63) is 35.4 Å². The first kappa shape index (κ1) is 19.8. The molecule has 148 valence electrons. The van der Waals surface area contributed by atoms with E-state index in [0.717, 1.165) is 26.1 Å². The summed E-state index contributed by atoms with van der Waals surface area (Å²) in [6, 6.07) is 8.31. The van der Waals surface area contributed by atoms with Gasteiger partial charge in [-0.3, -0.25) is 19.4 Å². The number of carboxylic acid groups (broad SMARTS) is 1. The van der Waals surface area contributed by atoms with Gasteiger partial charge in [-0.2, -0.15) is 0 Å². The lowest BCUT2D eigenvalue weighted by molar-refractivity contribution is -0.143. The molecule has 27 heavy (non-hydrogen) atoms. The van der Waals surface area contributed by atoms with Crippen molar-refractivity contribution in [3.8, 4) is 0 Å². The number of hydrogen-bond donors (Lipinski definition) is 1. The minimum absolute atomic E-state index is 0.0593. The van der Waals surface area contributed by atoms with Crippen molar-refractivity contribution < 1.29 is 14.7 Å². The maximum atomic E-state index is 12.6. The van der Waals surface area contributed by atoms with Gasteiger partial charge >= 0.3 is 5.97 Å². The number of carboxylic acids is 1. The smallest absolute Gasteiger partial charge is 0.320 e. The van der Waals surface area contributed by atoms with Crippen molar-refractivity contribution >= 4 is 11.9 Å². The summed E-state index contributed by atoms with van der Waals surface area (Å²) in [5, 5.41) is 9.26.